The number of hydrogen-bond donors (Lipinski definition) is 3. The lowest BCUT2D eigenvalue weighted by Crippen LogP contribution is -2.33. The molecule has 0 rings (SSSR count). The second kappa shape index (κ2) is 5.94. The Hall–Kier alpha value is -0.660. The Morgan fingerprint density at radius 3 is 2.50 bits per heavy atom. The van der Waals surface area contributed by atoms with Crippen LogP contribution in [0.3, 0.4) is 0 Å². The van der Waals surface area contributed by atoms with Gasteiger partial charge in [-0.2, -0.15) is 0 Å². The molecule has 0 aromatic carbocycles. The second-order valence-electron chi connectivity index (χ2n) is 2.87. The predicted molar refractivity (Wildman–Crippen MR) is 50.3 cm³/mol. The van der Waals surface area contributed by atoms with Gasteiger partial charge in [-0.3, -0.25) is 4.79 Å². The molecular weight excluding hydrogens is 210 g/mol. The second-order valence-corrected chi connectivity index (χ2v) is 4.80. The van der Waals surface area contributed by atoms with Gasteiger partial charge in [0.25, 0.3) is 0 Å². The fourth-order valence-electron chi connectivity index (χ4n) is 0.661. The number of carbonyl (C=O) groups is 1. The number of carboxylic acids is 1. The molecule has 0 bridgehead atoms. The van der Waals surface area contributed by atoms with Crippen molar-refractivity contribution in [3.05, 3.63) is 0 Å². The molecule has 84 valence electrons. The van der Waals surface area contributed by atoms with Crippen LogP contribution >= 0.6 is 0 Å². The third-order valence-electron chi connectivity index (χ3n) is 1.59. The summed E-state index contributed by atoms with van der Waals surface area (Å²) in [6, 6.07) is 0. The van der Waals surface area contributed by atoms with Crippen LogP contribution in [0.1, 0.15) is 19.8 Å². The zero-order valence-corrected chi connectivity index (χ0v) is 8.75. The average molecular weight is 225 g/mol. The van der Waals surface area contributed by atoms with E-state index in [0.29, 0.717) is 6.42 Å². The van der Waals surface area contributed by atoms with E-state index in [4.69, 9.17) is 10.2 Å². The fourth-order valence-corrected chi connectivity index (χ4v) is 1.70. The van der Waals surface area contributed by atoms with Crippen LogP contribution in [-0.2, 0) is 14.8 Å². The van der Waals surface area contributed by atoms with Gasteiger partial charge in [0.05, 0.1) is 18.3 Å². The normalized spacial score (nSPS) is 13.9. The third-order valence-corrected chi connectivity index (χ3v) is 2.94. The lowest BCUT2D eigenvalue weighted by molar-refractivity contribution is -0.136. The zero-order chi connectivity index (χ0) is 11.2. The summed E-state index contributed by atoms with van der Waals surface area (Å²) in [6.45, 7) is 1.65. The number of aliphatic hydroxyl groups is 1. The van der Waals surface area contributed by atoms with Crippen LogP contribution in [0, 0.1) is 0 Å². The maximum absolute atomic E-state index is 11.1. The Kier molecular flexibility index (Phi) is 5.66. The van der Waals surface area contributed by atoms with E-state index in [0.717, 1.165) is 0 Å². The van der Waals surface area contributed by atoms with Crippen LogP contribution in [0.4, 0.5) is 0 Å². The summed E-state index contributed by atoms with van der Waals surface area (Å²) < 4.78 is 24.3. The highest BCUT2D eigenvalue weighted by Gasteiger charge is 2.13. The largest absolute Gasteiger partial charge is 0.481 e. The van der Waals surface area contributed by atoms with Gasteiger partial charge in [0, 0.05) is 6.54 Å². The van der Waals surface area contributed by atoms with Gasteiger partial charge in [-0.25, -0.2) is 13.1 Å². The lowest BCUT2D eigenvalue weighted by Gasteiger charge is -2.09. The van der Waals surface area contributed by atoms with Crippen molar-refractivity contribution in [1.82, 2.24) is 4.72 Å². The summed E-state index contributed by atoms with van der Waals surface area (Å²) in [5.41, 5.74) is 0. The molecule has 0 spiro atoms. The first-order valence-electron chi connectivity index (χ1n) is 4.24. The molecule has 0 aliphatic carbocycles. The van der Waals surface area contributed by atoms with E-state index in [1.54, 1.807) is 6.92 Å². The number of hydrogen-bond acceptors (Lipinski definition) is 4. The zero-order valence-electron chi connectivity index (χ0n) is 7.93. The molecule has 0 heterocycles. The fraction of sp³-hybridized carbons (Fsp3) is 0.857. The smallest absolute Gasteiger partial charge is 0.304 e. The Bertz CT molecular complexity index is 274. The van der Waals surface area contributed by atoms with Crippen molar-refractivity contribution in [2.45, 2.75) is 25.9 Å². The van der Waals surface area contributed by atoms with Crippen molar-refractivity contribution in [1.29, 1.82) is 0 Å². The van der Waals surface area contributed by atoms with E-state index in [1.807, 2.05) is 0 Å². The summed E-state index contributed by atoms with van der Waals surface area (Å²) in [6.07, 6.45) is -0.714. The summed E-state index contributed by atoms with van der Waals surface area (Å²) in [4.78, 5) is 10.1. The molecule has 1 unspecified atom stereocenters. The van der Waals surface area contributed by atoms with Gasteiger partial charge in [0.2, 0.25) is 10.0 Å². The maximum Gasteiger partial charge on any atom is 0.304 e. The topological polar surface area (TPSA) is 104 Å². The first-order valence-corrected chi connectivity index (χ1v) is 5.90. The molecule has 0 saturated heterocycles. The quantitative estimate of drug-likeness (QED) is 0.523. The molecule has 0 radical (unpaired) electrons. The first kappa shape index (κ1) is 13.3. The molecule has 7 heteroatoms. The number of rotatable bonds is 7. The number of sulfonamides is 1. The minimum Gasteiger partial charge on any atom is -0.481 e. The molecule has 0 aliphatic heterocycles. The van der Waals surface area contributed by atoms with Crippen LogP contribution < -0.4 is 4.72 Å². The lowest BCUT2D eigenvalue weighted by atomic mass is 10.3. The van der Waals surface area contributed by atoms with Crippen molar-refractivity contribution in [2.24, 2.45) is 0 Å². The minimum absolute atomic E-state index is 0.0710. The number of aliphatic carboxylic acids is 1. The van der Waals surface area contributed by atoms with E-state index in [9.17, 15) is 13.2 Å². The minimum atomic E-state index is -3.57. The highest BCUT2D eigenvalue weighted by Crippen LogP contribution is 1.92. The van der Waals surface area contributed by atoms with Crippen LogP contribution in [0.25, 0.3) is 0 Å². The molecule has 0 aromatic rings. The van der Waals surface area contributed by atoms with Gasteiger partial charge < -0.3 is 10.2 Å². The molecule has 0 fully saturated rings. The summed E-state index contributed by atoms with van der Waals surface area (Å²) in [7, 11) is -3.57. The van der Waals surface area contributed by atoms with Crippen molar-refractivity contribution < 1.29 is 23.4 Å². The van der Waals surface area contributed by atoms with Gasteiger partial charge >= 0.3 is 5.97 Å². The van der Waals surface area contributed by atoms with E-state index in [1.165, 1.54) is 0 Å². The monoisotopic (exact) mass is 225 g/mol. The molecule has 0 aliphatic rings. The molecule has 0 saturated carbocycles. The first-order chi connectivity index (χ1) is 6.37. The summed E-state index contributed by atoms with van der Waals surface area (Å²) in [5.74, 6) is -1.62. The van der Waals surface area contributed by atoms with Crippen LogP contribution in [0.2, 0.25) is 0 Å². The van der Waals surface area contributed by atoms with Crippen molar-refractivity contribution in [3.8, 4) is 0 Å². The van der Waals surface area contributed by atoms with Crippen molar-refractivity contribution >= 4 is 16.0 Å². The summed E-state index contributed by atoms with van der Waals surface area (Å²) in [5, 5.41) is 17.3. The van der Waals surface area contributed by atoms with Crippen LogP contribution in [0.5, 0.6) is 0 Å². The number of aliphatic hydroxyl groups excluding tert-OH is 1. The van der Waals surface area contributed by atoms with Gasteiger partial charge in [0.15, 0.2) is 0 Å². The van der Waals surface area contributed by atoms with Crippen LogP contribution in [-0.4, -0.2) is 43.0 Å². The SMILES string of the molecule is CCC(O)CNS(=O)(=O)CCC(=O)O. The molecule has 1 atom stereocenters. The highest BCUT2D eigenvalue weighted by molar-refractivity contribution is 7.89. The Balaban J connectivity index is 3.90. The van der Waals surface area contributed by atoms with Crippen LogP contribution in [0.15, 0.2) is 0 Å². The Labute approximate surface area is 83.0 Å². The van der Waals surface area contributed by atoms with Gasteiger partial charge in [-0.05, 0) is 6.42 Å². The van der Waals surface area contributed by atoms with E-state index < -0.39 is 34.3 Å². The van der Waals surface area contributed by atoms with Gasteiger partial charge in [0.1, 0.15) is 0 Å². The number of nitrogens with one attached hydrogen (secondary N) is 1. The van der Waals surface area contributed by atoms with E-state index >= 15 is 0 Å². The Morgan fingerprint density at radius 2 is 2.07 bits per heavy atom. The molecule has 14 heavy (non-hydrogen) atoms. The Morgan fingerprint density at radius 1 is 1.50 bits per heavy atom. The maximum atomic E-state index is 11.1. The van der Waals surface area contributed by atoms with E-state index in [-0.39, 0.29) is 6.54 Å². The standard InChI is InChI=1S/C7H15NO5S/c1-2-6(9)5-8-14(12,13)4-3-7(10)11/h6,8-9H,2-5H2,1H3,(H,10,11). The predicted octanol–water partition coefficient (Wildman–Crippen LogP) is -0.849. The third kappa shape index (κ3) is 6.81. The van der Waals surface area contributed by atoms with Crippen molar-refractivity contribution in [3.63, 3.8) is 0 Å². The molecule has 0 amide bonds. The van der Waals surface area contributed by atoms with Gasteiger partial charge in [-0.1, -0.05) is 6.92 Å². The molecule has 6 nitrogen and oxygen atoms in total. The molecule has 0 aromatic heterocycles. The highest BCUT2D eigenvalue weighted by atomic mass is 32.2. The molecular formula is C7H15NO5S. The van der Waals surface area contributed by atoms with Gasteiger partial charge in [-0.15, -0.1) is 0 Å². The molecule has 3 N–H and O–H groups in total. The average Bonchev–Trinajstić information content (AvgIpc) is 2.11. The van der Waals surface area contributed by atoms with Crippen molar-refractivity contribution in [2.75, 3.05) is 12.3 Å². The van der Waals surface area contributed by atoms with E-state index in [2.05, 4.69) is 4.72 Å². The number of carboxylic acid groups (broad SMARTS) is 1. The summed E-state index contributed by atoms with van der Waals surface area (Å²) >= 11 is 0.